The molecule has 1 aliphatic heterocycles. The molecule has 0 aromatic heterocycles. The van der Waals surface area contributed by atoms with Gasteiger partial charge in [-0.3, -0.25) is 4.79 Å². The van der Waals surface area contributed by atoms with Gasteiger partial charge in [0.25, 0.3) is 0 Å². The first kappa shape index (κ1) is 25.0. The zero-order chi connectivity index (χ0) is 21.2. The standard InChI is InChI=1S/C24H32N4O2.HI/c1-3-25-24(26-14-13-19-9-11-22(30-2)12-10-19)27-17-20-6-4-7-21(16-20)18-28-15-5-8-23(28)29;/h4,6-7,9-12,16H,3,5,8,13-15,17-18H2,1-2H3,(H2,25,26,27);1H. The Kier molecular flexibility index (Phi) is 10.6. The van der Waals surface area contributed by atoms with Crippen molar-refractivity contribution < 1.29 is 9.53 Å². The number of guanidine groups is 1. The molecular formula is C24H33IN4O2. The number of benzene rings is 2. The van der Waals surface area contributed by atoms with Crippen LogP contribution >= 0.6 is 24.0 Å². The van der Waals surface area contributed by atoms with Crippen LogP contribution < -0.4 is 15.4 Å². The number of carbonyl (C=O) groups excluding carboxylic acids is 1. The highest BCUT2D eigenvalue weighted by Gasteiger charge is 2.19. The molecule has 3 rings (SSSR count). The van der Waals surface area contributed by atoms with Crippen molar-refractivity contribution in [3.8, 4) is 5.75 Å². The molecule has 2 aromatic carbocycles. The van der Waals surface area contributed by atoms with Crippen LogP contribution in [0, 0.1) is 0 Å². The van der Waals surface area contributed by atoms with E-state index in [-0.39, 0.29) is 29.9 Å². The molecule has 0 bridgehead atoms. The third-order valence-corrected chi connectivity index (χ3v) is 5.17. The SMILES string of the molecule is CCNC(=NCc1cccc(CN2CCCC2=O)c1)NCCc1ccc(OC)cc1.I. The van der Waals surface area contributed by atoms with Gasteiger partial charge in [0.2, 0.25) is 5.91 Å². The Morgan fingerprint density at radius 1 is 1.10 bits per heavy atom. The number of nitrogens with one attached hydrogen (secondary N) is 2. The van der Waals surface area contributed by atoms with Crippen LogP contribution in [0.5, 0.6) is 5.75 Å². The van der Waals surface area contributed by atoms with E-state index in [9.17, 15) is 4.79 Å². The minimum absolute atomic E-state index is 0. The highest BCUT2D eigenvalue weighted by atomic mass is 127. The van der Waals surface area contributed by atoms with Gasteiger partial charge in [0.05, 0.1) is 13.7 Å². The number of rotatable bonds is 9. The van der Waals surface area contributed by atoms with Crippen molar-refractivity contribution in [2.24, 2.45) is 4.99 Å². The lowest BCUT2D eigenvalue weighted by molar-refractivity contribution is -0.128. The predicted molar refractivity (Wildman–Crippen MR) is 136 cm³/mol. The van der Waals surface area contributed by atoms with Gasteiger partial charge in [-0.05, 0) is 48.6 Å². The summed E-state index contributed by atoms with van der Waals surface area (Å²) >= 11 is 0. The number of aliphatic imine (C=N–C) groups is 1. The topological polar surface area (TPSA) is 66.0 Å². The second-order valence-electron chi connectivity index (χ2n) is 7.46. The van der Waals surface area contributed by atoms with Crippen molar-refractivity contribution in [1.29, 1.82) is 0 Å². The lowest BCUT2D eigenvalue weighted by Gasteiger charge is -2.16. The van der Waals surface area contributed by atoms with Crippen molar-refractivity contribution in [2.75, 3.05) is 26.7 Å². The molecular weight excluding hydrogens is 503 g/mol. The molecule has 1 amide bonds. The molecule has 168 valence electrons. The Bertz CT molecular complexity index is 855. The monoisotopic (exact) mass is 536 g/mol. The largest absolute Gasteiger partial charge is 0.497 e. The normalized spacial score (nSPS) is 13.7. The molecule has 2 N–H and O–H groups in total. The maximum Gasteiger partial charge on any atom is 0.222 e. The molecule has 1 heterocycles. The van der Waals surface area contributed by atoms with Crippen molar-refractivity contribution in [3.05, 3.63) is 65.2 Å². The highest BCUT2D eigenvalue weighted by molar-refractivity contribution is 14.0. The first-order chi connectivity index (χ1) is 14.7. The summed E-state index contributed by atoms with van der Waals surface area (Å²) in [7, 11) is 1.68. The van der Waals surface area contributed by atoms with E-state index in [0.29, 0.717) is 19.5 Å². The zero-order valence-electron chi connectivity index (χ0n) is 18.4. The summed E-state index contributed by atoms with van der Waals surface area (Å²) in [5.41, 5.74) is 3.56. The maximum atomic E-state index is 11.9. The summed E-state index contributed by atoms with van der Waals surface area (Å²) in [5, 5.41) is 6.70. The first-order valence-corrected chi connectivity index (χ1v) is 10.7. The average molecular weight is 536 g/mol. The summed E-state index contributed by atoms with van der Waals surface area (Å²) in [4.78, 5) is 18.5. The lowest BCUT2D eigenvalue weighted by Crippen LogP contribution is -2.38. The van der Waals surface area contributed by atoms with Gasteiger partial charge in [-0.1, -0.05) is 36.4 Å². The summed E-state index contributed by atoms with van der Waals surface area (Å²) in [6.07, 6.45) is 2.56. The van der Waals surface area contributed by atoms with E-state index < -0.39 is 0 Å². The van der Waals surface area contributed by atoms with Crippen molar-refractivity contribution in [1.82, 2.24) is 15.5 Å². The fraction of sp³-hybridized carbons (Fsp3) is 0.417. The Morgan fingerprint density at radius 3 is 2.55 bits per heavy atom. The van der Waals surface area contributed by atoms with Crippen LogP contribution in [0.1, 0.15) is 36.5 Å². The van der Waals surface area contributed by atoms with Gasteiger partial charge in [0.15, 0.2) is 5.96 Å². The van der Waals surface area contributed by atoms with E-state index in [2.05, 4.69) is 47.9 Å². The maximum absolute atomic E-state index is 11.9. The second kappa shape index (κ2) is 13.2. The molecule has 6 nitrogen and oxygen atoms in total. The Labute approximate surface area is 202 Å². The molecule has 0 unspecified atom stereocenters. The number of halogens is 1. The second-order valence-corrected chi connectivity index (χ2v) is 7.46. The third kappa shape index (κ3) is 8.05. The molecule has 0 radical (unpaired) electrons. The van der Waals surface area contributed by atoms with Crippen LogP contribution in [-0.2, 0) is 24.3 Å². The van der Waals surface area contributed by atoms with Crippen LogP contribution in [0.2, 0.25) is 0 Å². The molecule has 1 fully saturated rings. The van der Waals surface area contributed by atoms with Crippen LogP contribution in [0.3, 0.4) is 0 Å². The van der Waals surface area contributed by atoms with E-state index >= 15 is 0 Å². The number of ether oxygens (including phenoxy) is 1. The smallest absolute Gasteiger partial charge is 0.222 e. The van der Waals surface area contributed by atoms with Crippen LogP contribution in [-0.4, -0.2) is 43.5 Å². The summed E-state index contributed by atoms with van der Waals surface area (Å²) in [5.74, 6) is 1.94. The third-order valence-electron chi connectivity index (χ3n) is 5.17. The number of nitrogens with zero attached hydrogens (tertiary/aromatic N) is 2. The number of amides is 1. The zero-order valence-corrected chi connectivity index (χ0v) is 20.7. The van der Waals surface area contributed by atoms with Gasteiger partial charge in [-0.25, -0.2) is 4.99 Å². The lowest BCUT2D eigenvalue weighted by atomic mass is 10.1. The van der Waals surface area contributed by atoms with Gasteiger partial charge in [0.1, 0.15) is 5.75 Å². The molecule has 1 aliphatic rings. The molecule has 0 saturated carbocycles. The van der Waals surface area contributed by atoms with Crippen molar-refractivity contribution in [3.63, 3.8) is 0 Å². The van der Waals surface area contributed by atoms with Crippen molar-refractivity contribution >= 4 is 35.8 Å². The van der Waals surface area contributed by atoms with E-state index in [1.807, 2.05) is 23.1 Å². The Hall–Kier alpha value is -2.29. The molecule has 31 heavy (non-hydrogen) atoms. The van der Waals surface area contributed by atoms with Gasteiger partial charge >= 0.3 is 0 Å². The Morgan fingerprint density at radius 2 is 1.87 bits per heavy atom. The molecule has 0 atom stereocenters. The quantitative estimate of drug-likeness (QED) is 0.291. The number of methoxy groups -OCH3 is 1. The van der Waals surface area contributed by atoms with E-state index in [1.165, 1.54) is 5.56 Å². The number of hydrogen-bond donors (Lipinski definition) is 2. The number of likely N-dealkylation sites (tertiary alicyclic amines) is 1. The van der Waals surface area contributed by atoms with E-state index in [0.717, 1.165) is 55.3 Å². The molecule has 7 heteroatoms. The minimum Gasteiger partial charge on any atom is -0.497 e. The van der Waals surface area contributed by atoms with Gasteiger partial charge in [-0.2, -0.15) is 0 Å². The molecule has 0 aliphatic carbocycles. The predicted octanol–water partition coefficient (Wildman–Crippen LogP) is 3.73. The van der Waals surface area contributed by atoms with Gasteiger partial charge < -0.3 is 20.3 Å². The van der Waals surface area contributed by atoms with E-state index in [1.54, 1.807) is 7.11 Å². The number of hydrogen-bond acceptors (Lipinski definition) is 3. The Balaban J connectivity index is 0.00000341. The number of carbonyl (C=O) groups is 1. The fourth-order valence-corrected chi connectivity index (χ4v) is 3.55. The van der Waals surface area contributed by atoms with Crippen LogP contribution in [0.4, 0.5) is 0 Å². The van der Waals surface area contributed by atoms with Crippen molar-refractivity contribution in [2.45, 2.75) is 39.3 Å². The summed E-state index contributed by atoms with van der Waals surface area (Å²) < 4.78 is 5.20. The summed E-state index contributed by atoms with van der Waals surface area (Å²) in [6, 6.07) is 16.5. The highest BCUT2D eigenvalue weighted by Crippen LogP contribution is 2.15. The van der Waals surface area contributed by atoms with Crippen LogP contribution in [0.15, 0.2) is 53.5 Å². The minimum atomic E-state index is 0. The molecule has 0 spiro atoms. The van der Waals surface area contributed by atoms with E-state index in [4.69, 9.17) is 9.73 Å². The molecule has 1 saturated heterocycles. The van der Waals surface area contributed by atoms with Gasteiger partial charge in [0, 0.05) is 32.6 Å². The average Bonchev–Trinajstić information content (AvgIpc) is 3.17. The summed E-state index contributed by atoms with van der Waals surface area (Å²) in [6.45, 7) is 5.83. The van der Waals surface area contributed by atoms with Gasteiger partial charge in [-0.15, -0.1) is 24.0 Å². The molecule has 2 aromatic rings. The first-order valence-electron chi connectivity index (χ1n) is 10.7. The van der Waals surface area contributed by atoms with Crippen LogP contribution in [0.25, 0.3) is 0 Å². The fourth-order valence-electron chi connectivity index (χ4n) is 3.55.